The van der Waals surface area contributed by atoms with Crippen molar-refractivity contribution in [1.82, 2.24) is 29.2 Å². The van der Waals surface area contributed by atoms with Crippen molar-refractivity contribution in [2.45, 2.75) is 24.8 Å². The summed E-state index contributed by atoms with van der Waals surface area (Å²) in [4.78, 5) is 21.0. The minimum atomic E-state index is -3.84. The molecule has 1 saturated heterocycles. The summed E-state index contributed by atoms with van der Waals surface area (Å²) in [6, 6.07) is 10.6. The molecule has 0 spiro atoms. The fourth-order valence-electron chi connectivity index (χ4n) is 3.74. The van der Waals surface area contributed by atoms with E-state index in [9.17, 15) is 13.2 Å². The number of carbonyl (C=O) groups is 1. The maximum atomic E-state index is 13.1. The van der Waals surface area contributed by atoms with Crippen LogP contribution in [0.5, 0.6) is 0 Å². The highest BCUT2D eigenvalue weighted by molar-refractivity contribution is 7.89. The Balaban J connectivity index is 1.41. The van der Waals surface area contributed by atoms with Crippen LogP contribution in [0.4, 0.5) is 5.82 Å². The molecule has 1 aromatic carbocycles. The molecule has 3 heterocycles. The van der Waals surface area contributed by atoms with E-state index < -0.39 is 10.0 Å². The number of carbonyl (C=O) groups excluding carboxylic acids is 1. The maximum Gasteiger partial charge on any atom is 0.243 e. The monoisotopic (exact) mass is 457 g/mol. The maximum absolute atomic E-state index is 13.1. The largest absolute Gasteiger partial charge is 0.353 e. The second kappa shape index (κ2) is 8.83. The summed E-state index contributed by atoms with van der Waals surface area (Å²) in [6.07, 6.45) is 1.74. The number of anilines is 1. The first-order valence-corrected chi connectivity index (χ1v) is 12.0. The van der Waals surface area contributed by atoms with Crippen molar-refractivity contribution >= 4 is 32.8 Å². The third kappa shape index (κ3) is 4.30. The summed E-state index contributed by atoms with van der Waals surface area (Å²) in [7, 11) is -2.42. The molecule has 0 bridgehead atoms. The van der Waals surface area contributed by atoms with Gasteiger partial charge in [-0.1, -0.05) is 11.3 Å². The summed E-state index contributed by atoms with van der Waals surface area (Å²) < 4.78 is 28.9. The first-order chi connectivity index (χ1) is 15.3. The fraction of sp³-hybridized carbons (Fsp3) is 0.429. The van der Waals surface area contributed by atoms with E-state index in [2.05, 4.69) is 20.2 Å². The summed E-state index contributed by atoms with van der Waals surface area (Å²) in [6.45, 7) is 6.09. The number of hydrogen-bond acceptors (Lipinski definition) is 7. The molecule has 4 rings (SSSR count). The number of aromatic nitrogens is 4. The molecule has 32 heavy (non-hydrogen) atoms. The average molecular weight is 458 g/mol. The van der Waals surface area contributed by atoms with Crippen LogP contribution >= 0.6 is 0 Å². The van der Waals surface area contributed by atoms with E-state index in [4.69, 9.17) is 0 Å². The quantitative estimate of drug-likeness (QED) is 0.551. The zero-order chi connectivity index (χ0) is 22.9. The molecule has 1 aliphatic heterocycles. The van der Waals surface area contributed by atoms with E-state index >= 15 is 0 Å². The molecule has 0 saturated carbocycles. The van der Waals surface area contributed by atoms with Crippen molar-refractivity contribution in [3.8, 4) is 0 Å². The molecule has 0 N–H and O–H groups in total. The van der Waals surface area contributed by atoms with Crippen molar-refractivity contribution in [1.29, 1.82) is 0 Å². The topological polar surface area (TPSA) is 105 Å². The van der Waals surface area contributed by atoms with E-state index in [1.54, 1.807) is 21.8 Å². The van der Waals surface area contributed by atoms with Crippen LogP contribution in [-0.4, -0.2) is 83.3 Å². The number of nitrogens with zero attached hydrogens (tertiary/aromatic N) is 7. The summed E-state index contributed by atoms with van der Waals surface area (Å²) in [5, 5.41) is 8.17. The second-order valence-electron chi connectivity index (χ2n) is 8.10. The van der Waals surface area contributed by atoms with Gasteiger partial charge in [-0.3, -0.25) is 4.79 Å². The predicted molar refractivity (Wildman–Crippen MR) is 121 cm³/mol. The van der Waals surface area contributed by atoms with Gasteiger partial charge in [0.2, 0.25) is 15.9 Å². The molecule has 1 fully saturated rings. The second-order valence-corrected chi connectivity index (χ2v) is 10.1. The van der Waals surface area contributed by atoms with E-state index in [1.165, 1.54) is 19.2 Å². The van der Waals surface area contributed by atoms with Crippen LogP contribution in [-0.2, 0) is 14.8 Å². The minimum Gasteiger partial charge on any atom is -0.353 e. The van der Waals surface area contributed by atoms with Crippen LogP contribution in [0.2, 0.25) is 0 Å². The Kier molecular flexibility index (Phi) is 6.11. The number of benzene rings is 1. The van der Waals surface area contributed by atoms with Gasteiger partial charge >= 0.3 is 0 Å². The number of likely N-dealkylation sites (N-methyl/N-ethyl adjacent to an activating group) is 1. The van der Waals surface area contributed by atoms with Gasteiger partial charge in [0.25, 0.3) is 0 Å². The number of piperazine rings is 1. The Morgan fingerprint density at radius 3 is 2.53 bits per heavy atom. The van der Waals surface area contributed by atoms with Crippen molar-refractivity contribution in [2.75, 3.05) is 44.7 Å². The van der Waals surface area contributed by atoms with E-state index in [-0.39, 0.29) is 23.4 Å². The van der Waals surface area contributed by atoms with Crippen LogP contribution in [0, 0.1) is 0 Å². The summed E-state index contributed by atoms with van der Waals surface area (Å²) >= 11 is 0. The number of pyridine rings is 1. The third-order valence-electron chi connectivity index (χ3n) is 5.60. The number of fused-ring (bicyclic) bond motifs is 1. The van der Waals surface area contributed by atoms with E-state index in [0.29, 0.717) is 31.7 Å². The smallest absolute Gasteiger partial charge is 0.243 e. The first-order valence-electron chi connectivity index (χ1n) is 10.5. The summed E-state index contributed by atoms with van der Waals surface area (Å²) in [5.74, 6) is 0.660. The van der Waals surface area contributed by atoms with Crippen molar-refractivity contribution in [3.63, 3.8) is 0 Å². The van der Waals surface area contributed by atoms with E-state index in [0.717, 1.165) is 15.6 Å². The zero-order valence-electron chi connectivity index (χ0n) is 18.4. The Bertz CT molecular complexity index is 1200. The van der Waals surface area contributed by atoms with Crippen LogP contribution in [0.15, 0.2) is 47.5 Å². The molecule has 2 aromatic heterocycles. The number of sulfonamides is 1. The molecular weight excluding hydrogens is 430 g/mol. The fourth-order valence-corrected chi connectivity index (χ4v) is 4.89. The summed E-state index contributed by atoms with van der Waals surface area (Å²) in [5.41, 5.74) is 1.27. The molecular formula is C21H27N7O3S. The zero-order valence-corrected chi connectivity index (χ0v) is 19.2. The Labute approximate surface area is 187 Å². The molecule has 0 unspecified atom stereocenters. The Morgan fingerprint density at radius 1 is 1.12 bits per heavy atom. The van der Waals surface area contributed by atoms with Gasteiger partial charge in [0.05, 0.1) is 17.0 Å². The van der Waals surface area contributed by atoms with Crippen LogP contribution in [0.1, 0.15) is 19.9 Å². The van der Waals surface area contributed by atoms with Gasteiger partial charge in [-0.2, -0.15) is 4.31 Å². The highest BCUT2D eigenvalue weighted by Crippen LogP contribution is 2.22. The average Bonchev–Trinajstić information content (AvgIpc) is 3.23. The Morgan fingerprint density at radius 2 is 1.88 bits per heavy atom. The van der Waals surface area contributed by atoms with Gasteiger partial charge in [-0.15, -0.1) is 5.10 Å². The minimum absolute atomic E-state index is 0.0936. The number of hydrogen-bond donors (Lipinski definition) is 0. The highest BCUT2D eigenvalue weighted by Gasteiger charge is 2.28. The van der Waals surface area contributed by atoms with E-state index in [1.807, 2.05) is 32.0 Å². The highest BCUT2D eigenvalue weighted by atomic mass is 32.2. The van der Waals surface area contributed by atoms with Crippen molar-refractivity contribution in [3.05, 3.63) is 42.6 Å². The van der Waals surface area contributed by atoms with Crippen LogP contribution in [0.25, 0.3) is 11.0 Å². The molecule has 10 nitrogen and oxygen atoms in total. The Hall–Kier alpha value is -3.05. The van der Waals surface area contributed by atoms with Crippen LogP contribution < -0.4 is 4.90 Å². The van der Waals surface area contributed by atoms with Gasteiger partial charge in [0.15, 0.2) is 0 Å². The lowest BCUT2D eigenvalue weighted by Crippen LogP contribution is -2.51. The lowest BCUT2D eigenvalue weighted by Gasteiger charge is -2.36. The third-order valence-corrected chi connectivity index (χ3v) is 7.40. The van der Waals surface area contributed by atoms with Gasteiger partial charge in [0, 0.05) is 45.5 Å². The SMILES string of the molecule is CC(C)n1nnc2cc(S(=O)(=O)N(C)CC(=O)N3CCN(c4ccccn4)CC3)ccc21. The normalized spacial score (nSPS) is 15.2. The molecule has 11 heteroatoms. The standard InChI is InChI=1S/C21H27N7O3S/c1-16(2)28-19-8-7-17(14-18(19)23-24-28)32(30,31)25(3)15-21(29)27-12-10-26(11-13-27)20-6-4-5-9-22-20/h4-9,14,16H,10-13,15H2,1-3H3. The molecule has 0 atom stereocenters. The molecule has 170 valence electrons. The van der Waals surface area contributed by atoms with Gasteiger partial charge in [-0.25, -0.2) is 18.1 Å². The lowest BCUT2D eigenvalue weighted by atomic mass is 10.3. The predicted octanol–water partition coefficient (Wildman–Crippen LogP) is 1.38. The van der Waals surface area contributed by atoms with Crippen molar-refractivity contribution in [2.24, 2.45) is 0 Å². The van der Waals surface area contributed by atoms with Gasteiger partial charge < -0.3 is 9.80 Å². The first kappa shape index (κ1) is 22.2. The number of rotatable bonds is 6. The number of amides is 1. The molecule has 3 aromatic rings. The molecule has 1 aliphatic rings. The van der Waals surface area contributed by atoms with Crippen LogP contribution in [0.3, 0.4) is 0 Å². The molecule has 1 amide bonds. The van der Waals surface area contributed by atoms with Gasteiger partial charge in [0.1, 0.15) is 11.3 Å². The van der Waals surface area contributed by atoms with Crippen molar-refractivity contribution < 1.29 is 13.2 Å². The molecule has 0 aliphatic carbocycles. The lowest BCUT2D eigenvalue weighted by molar-refractivity contribution is -0.131. The molecule has 0 radical (unpaired) electrons. The van der Waals surface area contributed by atoms with Gasteiger partial charge in [-0.05, 0) is 44.2 Å².